The Balaban J connectivity index is 0.00000144. The van der Waals surface area contributed by atoms with Crippen LogP contribution in [0.2, 0.25) is 0 Å². The fraction of sp³-hybridized carbons (Fsp3) is 0.909. The quantitative estimate of drug-likeness (QED) is 0.494. The summed E-state index contributed by atoms with van der Waals surface area (Å²) in [6.07, 6.45) is 5.13. The second kappa shape index (κ2) is 4.64. The summed E-state index contributed by atoms with van der Waals surface area (Å²) in [5.41, 5.74) is 5.91. The molecule has 0 spiro atoms. The Morgan fingerprint density at radius 3 is 2.08 bits per heavy atom. The molecule has 0 aliphatic heterocycles. The van der Waals surface area contributed by atoms with Crippen molar-refractivity contribution in [3.63, 3.8) is 0 Å². The molecule has 2 N–H and O–H groups in total. The van der Waals surface area contributed by atoms with E-state index in [0.29, 0.717) is 5.92 Å². The van der Waals surface area contributed by atoms with Crippen LogP contribution in [-0.2, 0) is 0 Å². The maximum absolute atomic E-state index is 5.92. The van der Waals surface area contributed by atoms with Gasteiger partial charge in [-0.1, -0.05) is 20.3 Å². The molecule has 2 nitrogen and oxygen atoms in total. The highest BCUT2D eigenvalue weighted by atomic mass is 14.9. The van der Waals surface area contributed by atoms with Gasteiger partial charge in [0, 0.05) is 5.92 Å². The molecule has 1 aliphatic rings. The van der Waals surface area contributed by atoms with Crippen molar-refractivity contribution >= 4 is 5.84 Å². The molecule has 0 radical (unpaired) electrons. The SMILES string of the molecule is C.CC(C)(C)N=C(N)C1CCCC1. The summed E-state index contributed by atoms with van der Waals surface area (Å²) >= 11 is 0. The minimum absolute atomic E-state index is 0. The summed E-state index contributed by atoms with van der Waals surface area (Å²) in [4.78, 5) is 4.49. The summed E-state index contributed by atoms with van der Waals surface area (Å²) < 4.78 is 0. The zero-order valence-electron chi connectivity index (χ0n) is 8.43. The maximum Gasteiger partial charge on any atom is 0.0974 e. The highest BCUT2D eigenvalue weighted by Gasteiger charge is 2.20. The van der Waals surface area contributed by atoms with Crippen LogP contribution in [0, 0.1) is 5.92 Å². The molecule has 0 heterocycles. The second-order valence-electron chi connectivity index (χ2n) is 4.69. The lowest BCUT2D eigenvalue weighted by Gasteiger charge is -2.16. The molecule has 0 unspecified atom stereocenters. The molecule has 13 heavy (non-hydrogen) atoms. The summed E-state index contributed by atoms with van der Waals surface area (Å²) in [7, 11) is 0. The molecule has 1 aliphatic carbocycles. The van der Waals surface area contributed by atoms with Gasteiger partial charge < -0.3 is 5.73 Å². The number of hydrogen-bond acceptors (Lipinski definition) is 1. The maximum atomic E-state index is 5.92. The molecule has 1 rings (SSSR count). The highest BCUT2D eigenvalue weighted by Crippen LogP contribution is 2.25. The molecule has 2 heteroatoms. The first kappa shape index (κ1) is 12.5. The first-order chi connectivity index (χ1) is 5.49. The predicted molar refractivity (Wildman–Crippen MR) is 60.1 cm³/mol. The zero-order valence-corrected chi connectivity index (χ0v) is 8.43. The average molecular weight is 184 g/mol. The molecule has 0 aromatic carbocycles. The lowest BCUT2D eigenvalue weighted by atomic mass is 10.1. The van der Waals surface area contributed by atoms with Gasteiger partial charge in [-0.3, -0.25) is 4.99 Å². The molecule has 1 saturated carbocycles. The van der Waals surface area contributed by atoms with Crippen LogP contribution < -0.4 is 5.73 Å². The van der Waals surface area contributed by atoms with Crippen LogP contribution in [0.3, 0.4) is 0 Å². The van der Waals surface area contributed by atoms with Crippen LogP contribution in [0.4, 0.5) is 0 Å². The predicted octanol–water partition coefficient (Wildman–Crippen LogP) is 2.97. The Morgan fingerprint density at radius 2 is 1.69 bits per heavy atom. The topological polar surface area (TPSA) is 38.4 Å². The van der Waals surface area contributed by atoms with Gasteiger partial charge in [0.1, 0.15) is 0 Å². The number of nitrogens with zero attached hydrogens (tertiary/aromatic N) is 1. The lowest BCUT2D eigenvalue weighted by Crippen LogP contribution is -2.26. The smallest absolute Gasteiger partial charge is 0.0974 e. The Hall–Kier alpha value is -0.530. The van der Waals surface area contributed by atoms with E-state index in [1.807, 2.05) is 0 Å². The van der Waals surface area contributed by atoms with Crippen LogP contribution in [0.1, 0.15) is 53.9 Å². The van der Waals surface area contributed by atoms with E-state index in [1.165, 1.54) is 25.7 Å². The summed E-state index contributed by atoms with van der Waals surface area (Å²) in [5, 5.41) is 0. The van der Waals surface area contributed by atoms with Gasteiger partial charge in [0.15, 0.2) is 0 Å². The average Bonchev–Trinajstić information content (AvgIpc) is 2.32. The Bertz CT molecular complexity index is 171. The second-order valence-corrected chi connectivity index (χ2v) is 4.69. The van der Waals surface area contributed by atoms with Gasteiger partial charge in [-0.05, 0) is 33.6 Å². The molecule has 78 valence electrons. The van der Waals surface area contributed by atoms with E-state index in [4.69, 9.17) is 5.73 Å². The van der Waals surface area contributed by atoms with E-state index >= 15 is 0 Å². The van der Waals surface area contributed by atoms with Crippen LogP contribution in [0.5, 0.6) is 0 Å². The van der Waals surface area contributed by atoms with Crippen molar-refractivity contribution in [2.45, 2.75) is 59.4 Å². The van der Waals surface area contributed by atoms with Crippen molar-refractivity contribution in [3.05, 3.63) is 0 Å². The van der Waals surface area contributed by atoms with Crippen LogP contribution in [-0.4, -0.2) is 11.4 Å². The third-order valence-corrected chi connectivity index (χ3v) is 2.24. The monoisotopic (exact) mass is 184 g/mol. The summed E-state index contributed by atoms with van der Waals surface area (Å²) in [6.45, 7) is 6.28. The van der Waals surface area contributed by atoms with Gasteiger partial charge in [0.2, 0.25) is 0 Å². The molecule has 0 aromatic heterocycles. The van der Waals surface area contributed by atoms with E-state index in [-0.39, 0.29) is 13.0 Å². The van der Waals surface area contributed by atoms with Crippen LogP contribution in [0.25, 0.3) is 0 Å². The Labute approximate surface area is 82.6 Å². The van der Waals surface area contributed by atoms with E-state index in [0.717, 1.165) is 5.84 Å². The van der Waals surface area contributed by atoms with Gasteiger partial charge in [-0.15, -0.1) is 0 Å². The van der Waals surface area contributed by atoms with Gasteiger partial charge in [-0.2, -0.15) is 0 Å². The van der Waals surface area contributed by atoms with Gasteiger partial charge in [0.05, 0.1) is 11.4 Å². The molecular formula is C11H24N2. The highest BCUT2D eigenvalue weighted by molar-refractivity contribution is 5.83. The summed E-state index contributed by atoms with van der Waals surface area (Å²) in [5.74, 6) is 1.45. The molecule has 0 aromatic rings. The van der Waals surface area contributed by atoms with E-state index in [2.05, 4.69) is 25.8 Å². The molecule has 1 fully saturated rings. The number of nitrogens with two attached hydrogens (primary N) is 1. The van der Waals surface area contributed by atoms with Crippen molar-refractivity contribution in [1.82, 2.24) is 0 Å². The van der Waals surface area contributed by atoms with E-state index in [9.17, 15) is 0 Å². The number of hydrogen-bond donors (Lipinski definition) is 1. The number of rotatable bonds is 1. The molecule has 0 atom stereocenters. The molecule has 0 amide bonds. The minimum Gasteiger partial charge on any atom is -0.387 e. The van der Waals surface area contributed by atoms with E-state index < -0.39 is 0 Å². The van der Waals surface area contributed by atoms with Gasteiger partial charge in [0.25, 0.3) is 0 Å². The third kappa shape index (κ3) is 4.30. The fourth-order valence-corrected chi connectivity index (χ4v) is 1.70. The standard InChI is InChI=1S/C10H20N2.CH4/c1-10(2,3)12-9(11)8-6-4-5-7-8;/h8H,4-7H2,1-3H3,(H2,11,12);1H4. The zero-order chi connectivity index (χ0) is 9.19. The van der Waals surface area contributed by atoms with Crippen LogP contribution >= 0.6 is 0 Å². The summed E-state index contributed by atoms with van der Waals surface area (Å²) in [6, 6.07) is 0. The lowest BCUT2D eigenvalue weighted by molar-refractivity contribution is 0.570. The first-order valence-corrected chi connectivity index (χ1v) is 4.84. The Morgan fingerprint density at radius 1 is 1.23 bits per heavy atom. The fourth-order valence-electron chi connectivity index (χ4n) is 1.70. The van der Waals surface area contributed by atoms with Crippen molar-refractivity contribution < 1.29 is 0 Å². The largest absolute Gasteiger partial charge is 0.387 e. The van der Waals surface area contributed by atoms with Gasteiger partial charge in [-0.25, -0.2) is 0 Å². The number of amidine groups is 1. The first-order valence-electron chi connectivity index (χ1n) is 4.84. The molecule has 0 saturated heterocycles. The van der Waals surface area contributed by atoms with Crippen molar-refractivity contribution in [3.8, 4) is 0 Å². The van der Waals surface area contributed by atoms with Gasteiger partial charge >= 0.3 is 0 Å². The normalized spacial score (nSPS) is 20.1. The minimum atomic E-state index is -0.00727. The van der Waals surface area contributed by atoms with E-state index in [1.54, 1.807) is 0 Å². The Kier molecular flexibility index (Phi) is 4.45. The van der Waals surface area contributed by atoms with Crippen molar-refractivity contribution in [1.29, 1.82) is 0 Å². The number of aliphatic imine (C=N–C) groups is 1. The van der Waals surface area contributed by atoms with Crippen LogP contribution in [0.15, 0.2) is 4.99 Å². The molecule has 0 bridgehead atoms. The van der Waals surface area contributed by atoms with Crippen molar-refractivity contribution in [2.24, 2.45) is 16.6 Å². The molecular weight excluding hydrogens is 160 g/mol. The van der Waals surface area contributed by atoms with Crippen molar-refractivity contribution in [2.75, 3.05) is 0 Å². The third-order valence-electron chi connectivity index (χ3n) is 2.24.